The van der Waals surface area contributed by atoms with Crippen molar-refractivity contribution in [1.82, 2.24) is 9.88 Å². The molecule has 1 N–H and O–H groups in total. The maximum Gasteiger partial charge on any atom is 0.410 e. The molecule has 34 heavy (non-hydrogen) atoms. The van der Waals surface area contributed by atoms with Crippen LogP contribution >= 0.6 is 0 Å². The largest absolute Gasteiger partial charge is 0.486 e. The normalized spacial score (nSPS) is 24.6. The number of benzene rings is 1. The molecule has 2 unspecified atom stereocenters. The molecule has 2 aromatic rings. The Balaban J connectivity index is 1.30. The van der Waals surface area contributed by atoms with Gasteiger partial charge in [0.05, 0.1) is 25.5 Å². The summed E-state index contributed by atoms with van der Waals surface area (Å²) >= 11 is 0. The molecule has 2 bridgehead atoms. The number of ether oxygens (including phenoxy) is 3. The Morgan fingerprint density at radius 3 is 2.65 bits per heavy atom. The van der Waals surface area contributed by atoms with Gasteiger partial charge in [-0.05, 0) is 31.9 Å². The third-order valence-electron chi connectivity index (χ3n) is 6.50. The molecule has 2 atom stereocenters. The molecule has 2 aliphatic heterocycles. The fourth-order valence-electron chi connectivity index (χ4n) is 4.35. The zero-order chi connectivity index (χ0) is 23.9. The number of halogens is 2. The first kappa shape index (κ1) is 22.3. The average molecular weight is 470 g/mol. The molecule has 1 aliphatic carbocycles. The van der Waals surface area contributed by atoms with Gasteiger partial charge in [-0.15, -0.1) is 0 Å². The third-order valence-corrected chi connectivity index (χ3v) is 6.50. The summed E-state index contributed by atoms with van der Waals surface area (Å²) in [6.07, 6.45) is 2.44. The van der Waals surface area contributed by atoms with Crippen LogP contribution in [0.25, 0.3) is 4.85 Å². The van der Waals surface area contributed by atoms with Crippen molar-refractivity contribution in [3.8, 4) is 5.75 Å². The summed E-state index contributed by atoms with van der Waals surface area (Å²) in [5.74, 6) is -1.93. The second kappa shape index (κ2) is 8.72. The highest BCUT2D eigenvalue weighted by atomic mass is 19.1. The first-order valence-corrected chi connectivity index (χ1v) is 11.2. The summed E-state index contributed by atoms with van der Waals surface area (Å²) in [4.78, 5) is 21.4. The molecule has 10 heteroatoms. The van der Waals surface area contributed by atoms with E-state index in [1.165, 1.54) is 24.4 Å². The van der Waals surface area contributed by atoms with Crippen molar-refractivity contribution < 1.29 is 27.8 Å². The smallest absolute Gasteiger partial charge is 0.410 e. The Bertz CT molecular complexity index is 1140. The summed E-state index contributed by atoms with van der Waals surface area (Å²) < 4.78 is 46.8. The Kier molecular flexibility index (Phi) is 5.73. The minimum atomic E-state index is -0.751. The fourth-order valence-corrected chi connectivity index (χ4v) is 4.35. The lowest BCUT2D eigenvalue weighted by Crippen LogP contribution is -2.59. The maximum atomic E-state index is 15.2. The molecule has 2 saturated heterocycles. The minimum Gasteiger partial charge on any atom is -0.486 e. The van der Waals surface area contributed by atoms with Gasteiger partial charge < -0.3 is 24.4 Å². The quantitative estimate of drug-likeness (QED) is 0.640. The molecule has 8 nitrogen and oxygen atoms in total. The number of hydrogen-bond acceptors (Lipinski definition) is 6. The number of aromatic nitrogens is 1. The van der Waals surface area contributed by atoms with E-state index >= 15 is 4.39 Å². The monoisotopic (exact) mass is 470 g/mol. The van der Waals surface area contributed by atoms with Gasteiger partial charge in [0.15, 0.2) is 17.3 Å². The van der Waals surface area contributed by atoms with Gasteiger partial charge in [0.2, 0.25) is 5.82 Å². The molecule has 1 aromatic carbocycles. The predicted octanol–water partition coefficient (Wildman–Crippen LogP) is 4.67. The van der Waals surface area contributed by atoms with Gasteiger partial charge in [-0.1, -0.05) is 6.07 Å². The van der Waals surface area contributed by atoms with Gasteiger partial charge >= 0.3 is 6.09 Å². The first-order chi connectivity index (χ1) is 16.3. The van der Waals surface area contributed by atoms with Crippen molar-refractivity contribution in [3.05, 3.63) is 53.5 Å². The molecule has 5 rings (SSSR count). The van der Waals surface area contributed by atoms with Crippen LogP contribution in [-0.2, 0) is 9.47 Å². The Morgan fingerprint density at radius 2 is 2.00 bits per heavy atom. The lowest BCUT2D eigenvalue weighted by molar-refractivity contribution is -0.111. The molecule has 3 aliphatic rings. The van der Waals surface area contributed by atoms with Crippen LogP contribution in [0.1, 0.15) is 19.8 Å². The number of carbonyl (C=O) groups is 1. The average Bonchev–Trinajstić information content (AvgIpc) is 3.53. The molecule has 1 saturated carbocycles. The third kappa shape index (κ3) is 4.48. The number of nitrogens with zero attached hydrogens (tertiary/aromatic N) is 3. The molecule has 1 amide bonds. The molecule has 0 spiro atoms. The van der Waals surface area contributed by atoms with E-state index in [1.54, 1.807) is 4.90 Å². The zero-order valence-corrected chi connectivity index (χ0v) is 18.6. The van der Waals surface area contributed by atoms with Crippen LogP contribution in [0.2, 0.25) is 0 Å². The molecular weight excluding hydrogens is 446 g/mol. The van der Waals surface area contributed by atoms with E-state index in [0.717, 1.165) is 18.9 Å². The van der Waals surface area contributed by atoms with Gasteiger partial charge in [-0.3, -0.25) is 0 Å². The van der Waals surface area contributed by atoms with E-state index in [2.05, 4.69) is 15.1 Å². The van der Waals surface area contributed by atoms with Crippen LogP contribution in [0.3, 0.4) is 0 Å². The Hall–Kier alpha value is -3.45. The maximum absolute atomic E-state index is 15.2. The Morgan fingerprint density at radius 1 is 1.26 bits per heavy atom. The van der Waals surface area contributed by atoms with Crippen LogP contribution in [0.5, 0.6) is 5.75 Å². The number of pyridine rings is 1. The summed E-state index contributed by atoms with van der Waals surface area (Å²) in [5, 5.41) is 2.63. The van der Waals surface area contributed by atoms with E-state index in [1.807, 2.05) is 6.92 Å². The van der Waals surface area contributed by atoms with Crippen LogP contribution in [0.4, 0.5) is 30.8 Å². The topological polar surface area (TPSA) is 77.3 Å². The molecule has 0 radical (unpaired) electrons. The highest BCUT2D eigenvalue weighted by molar-refractivity contribution is 5.69. The lowest BCUT2D eigenvalue weighted by atomic mass is 9.84. The number of fused-ring (bicyclic) bond motifs is 2. The van der Waals surface area contributed by atoms with Crippen molar-refractivity contribution in [2.75, 3.05) is 31.6 Å². The Labute approximate surface area is 195 Å². The van der Waals surface area contributed by atoms with Gasteiger partial charge in [0.25, 0.3) is 0 Å². The van der Waals surface area contributed by atoms with Crippen LogP contribution in [0, 0.1) is 30.0 Å². The van der Waals surface area contributed by atoms with E-state index in [4.69, 9.17) is 20.8 Å². The highest BCUT2D eigenvalue weighted by Crippen LogP contribution is 2.40. The first-order valence-electron chi connectivity index (χ1n) is 11.2. The van der Waals surface area contributed by atoms with Crippen molar-refractivity contribution in [2.24, 2.45) is 11.8 Å². The SMILES string of the molecule is [C-]#[N+]c1ccc(Nc2nccc(OC3C4COCC3CN(C(=O)OC3(C)CC3)C4)c2F)c(F)c1. The molecular formula is C24H24F2N4O4. The van der Waals surface area contributed by atoms with Crippen LogP contribution < -0.4 is 10.1 Å². The minimum absolute atomic E-state index is 0.00241. The second-order valence-electron chi connectivity index (χ2n) is 9.24. The van der Waals surface area contributed by atoms with Gasteiger partial charge in [-0.2, -0.15) is 4.39 Å². The van der Waals surface area contributed by atoms with Crippen LogP contribution in [0.15, 0.2) is 30.5 Å². The van der Waals surface area contributed by atoms with E-state index < -0.39 is 11.6 Å². The number of nitrogens with one attached hydrogen (secondary N) is 1. The molecule has 1 aromatic heterocycles. The molecule has 3 fully saturated rings. The van der Waals surface area contributed by atoms with Crippen molar-refractivity contribution in [2.45, 2.75) is 31.5 Å². The van der Waals surface area contributed by atoms with E-state index in [0.29, 0.717) is 26.3 Å². The van der Waals surface area contributed by atoms with E-state index in [-0.39, 0.29) is 52.6 Å². The number of rotatable bonds is 5. The summed E-state index contributed by atoms with van der Waals surface area (Å²) in [6.45, 7) is 10.4. The summed E-state index contributed by atoms with van der Waals surface area (Å²) in [5.41, 5.74) is -0.212. The molecule has 3 heterocycles. The number of carbonyl (C=O) groups excluding carboxylic acids is 1. The summed E-state index contributed by atoms with van der Waals surface area (Å²) in [6, 6.07) is 5.28. The van der Waals surface area contributed by atoms with E-state index in [9.17, 15) is 9.18 Å². The van der Waals surface area contributed by atoms with Crippen molar-refractivity contribution in [1.29, 1.82) is 0 Å². The number of hydrogen-bond donors (Lipinski definition) is 1. The van der Waals surface area contributed by atoms with Gasteiger partial charge in [0.1, 0.15) is 17.5 Å². The van der Waals surface area contributed by atoms with Crippen molar-refractivity contribution in [3.63, 3.8) is 0 Å². The standard InChI is InChI=1S/C24H24F2N4O4/c1-24(6-7-24)34-23(31)30-10-14-12-32-13-15(11-30)21(14)33-19-5-8-28-22(20(19)26)29-18-4-3-16(27-2)9-17(18)25/h3-5,8-9,14-15,21H,6-7,10-13H2,1H3,(H,28,29). The molecule has 178 valence electrons. The second-order valence-corrected chi connectivity index (χ2v) is 9.24. The fraction of sp³-hybridized carbons (Fsp3) is 0.458. The predicted molar refractivity (Wildman–Crippen MR) is 118 cm³/mol. The summed E-state index contributed by atoms with van der Waals surface area (Å²) in [7, 11) is 0. The number of amides is 1. The van der Waals surface area contributed by atoms with Gasteiger partial charge in [-0.25, -0.2) is 19.0 Å². The lowest BCUT2D eigenvalue weighted by Gasteiger charge is -2.46. The van der Waals surface area contributed by atoms with Crippen molar-refractivity contribution >= 4 is 23.3 Å². The van der Waals surface area contributed by atoms with Gasteiger partial charge in [0, 0.05) is 37.2 Å². The number of piperidine rings is 1. The number of likely N-dealkylation sites (tertiary alicyclic amines) is 1. The number of anilines is 2. The van der Waals surface area contributed by atoms with Crippen LogP contribution in [-0.4, -0.2) is 54.0 Å². The highest BCUT2D eigenvalue weighted by Gasteiger charge is 2.47. The zero-order valence-electron chi connectivity index (χ0n) is 18.6.